The Hall–Kier alpha value is -2.70. The van der Waals surface area contributed by atoms with Crippen molar-refractivity contribution in [3.63, 3.8) is 0 Å². The van der Waals surface area contributed by atoms with E-state index in [1.807, 2.05) is 41.0 Å². The number of hydrogen-bond acceptors (Lipinski definition) is 4. The van der Waals surface area contributed by atoms with Crippen LogP contribution in [0.2, 0.25) is 0 Å². The van der Waals surface area contributed by atoms with Crippen LogP contribution in [0.25, 0.3) is 5.57 Å². The van der Waals surface area contributed by atoms with Crippen molar-refractivity contribution in [2.24, 2.45) is 11.8 Å². The fraction of sp³-hybridized carbons (Fsp3) is 0.481. The third-order valence-corrected chi connectivity index (χ3v) is 7.63. The van der Waals surface area contributed by atoms with Gasteiger partial charge < -0.3 is 15.0 Å². The molecule has 4 atom stereocenters. The molecule has 1 aromatic carbocycles. The van der Waals surface area contributed by atoms with E-state index in [2.05, 4.69) is 29.3 Å². The molecule has 2 aliphatic heterocycles. The number of carbonyl (C=O) groups is 1. The minimum absolute atomic E-state index is 0.0349. The Labute approximate surface area is 194 Å². The number of aliphatic hydroxyl groups excluding tert-OH is 1. The van der Waals surface area contributed by atoms with E-state index in [0.29, 0.717) is 6.54 Å². The van der Waals surface area contributed by atoms with Crippen molar-refractivity contribution in [3.05, 3.63) is 70.2 Å². The van der Waals surface area contributed by atoms with Gasteiger partial charge >= 0.3 is 0 Å². The van der Waals surface area contributed by atoms with E-state index in [9.17, 15) is 14.7 Å². The van der Waals surface area contributed by atoms with Gasteiger partial charge in [0.25, 0.3) is 5.56 Å². The lowest BCUT2D eigenvalue weighted by atomic mass is 9.86. The number of anilines is 1. The van der Waals surface area contributed by atoms with Gasteiger partial charge in [-0.05, 0) is 68.5 Å². The summed E-state index contributed by atoms with van der Waals surface area (Å²) in [6.07, 6.45) is 7.44. The summed E-state index contributed by atoms with van der Waals surface area (Å²) in [6, 6.07) is 13.2. The lowest BCUT2D eigenvalue weighted by Gasteiger charge is -2.38. The van der Waals surface area contributed by atoms with Crippen LogP contribution in [0.4, 0.5) is 5.69 Å². The van der Waals surface area contributed by atoms with E-state index in [1.54, 1.807) is 0 Å². The monoisotopic (exact) mass is 447 g/mol. The molecular formula is C27H33N3O3. The van der Waals surface area contributed by atoms with Gasteiger partial charge in [0, 0.05) is 42.1 Å². The Morgan fingerprint density at radius 2 is 1.97 bits per heavy atom. The zero-order chi connectivity index (χ0) is 22.9. The second kappa shape index (κ2) is 9.27. The number of aliphatic hydroxyl groups is 1. The Morgan fingerprint density at radius 3 is 2.67 bits per heavy atom. The molecule has 1 fully saturated rings. The van der Waals surface area contributed by atoms with Gasteiger partial charge in [0.1, 0.15) is 0 Å². The van der Waals surface area contributed by atoms with Crippen molar-refractivity contribution in [3.8, 4) is 0 Å². The van der Waals surface area contributed by atoms with E-state index < -0.39 is 5.92 Å². The standard InChI is InChI=1S/C27H33N3O3/c1-2-15-29-23-16-30-22(14-13-20(27(30)33)18-9-5-3-6-10-18)25(29)24(21(23)17-31)26(32)28-19-11-7-4-8-12-19/h4,7-9,11-14,21,23-25,31H,2-3,5-6,10,15-17H2,1H3,(H,28,32)/t21-,23-,24+,25+/m0/s1. The number of pyridine rings is 1. The quantitative estimate of drug-likeness (QED) is 0.706. The first-order valence-corrected chi connectivity index (χ1v) is 12.3. The molecule has 1 saturated heterocycles. The maximum Gasteiger partial charge on any atom is 0.258 e. The number of carbonyl (C=O) groups excluding carboxylic acids is 1. The van der Waals surface area contributed by atoms with Crippen LogP contribution in [0, 0.1) is 11.8 Å². The Kier molecular flexibility index (Phi) is 6.21. The average molecular weight is 448 g/mol. The number of para-hydroxylation sites is 1. The molecule has 1 aromatic heterocycles. The fourth-order valence-electron chi connectivity index (χ4n) is 6.16. The number of rotatable bonds is 6. The van der Waals surface area contributed by atoms with Crippen LogP contribution in [0.1, 0.15) is 56.3 Å². The highest BCUT2D eigenvalue weighted by Gasteiger charge is 2.55. The van der Waals surface area contributed by atoms with Crippen LogP contribution in [-0.2, 0) is 11.3 Å². The molecule has 5 rings (SSSR count). The van der Waals surface area contributed by atoms with E-state index in [1.165, 1.54) is 6.42 Å². The molecule has 2 aromatic rings. The second-order valence-corrected chi connectivity index (χ2v) is 9.54. The smallest absolute Gasteiger partial charge is 0.258 e. The van der Waals surface area contributed by atoms with Crippen LogP contribution in [0.5, 0.6) is 0 Å². The van der Waals surface area contributed by atoms with Gasteiger partial charge in [-0.2, -0.15) is 0 Å². The predicted octanol–water partition coefficient (Wildman–Crippen LogP) is 3.82. The van der Waals surface area contributed by atoms with Gasteiger partial charge in [-0.1, -0.05) is 31.2 Å². The molecule has 1 aliphatic carbocycles. The van der Waals surface area contributed by atoms with E-state index in [-0.39, 0.29) is 36.1 Å². The maximum absolute atomic E-state index is 13.6. The molecule has 1 amide bonds. The van der Waals surface area contributed by atoms with Crippen LogP contribution >= 0.6 is 0 Å². The summed E-state index contributed by atoms with van der Waals surface area (Å²) >= 11 is 0. The zero-order valence-corrected chi connectivity index (χ0v) is 19.2. The molecule has 33 heavy (non-hydrogen) atoms. The molecule has 0 saturated carbocycles. The minimum atomic E-state index is -0.417. The molecule has 2 N–H and O–H groups in total. The lowest BCUT2D eigenvalue weighted by Crippen LogP contribution is -2.47. The third-order valence-electron chi connectivity index (χ3n) is 7.63. The van der Waals surface area contributed by atoms with E-state index in [4.69, 9.17) is 0 Å². The number of nitrogens with one attached hydrogen (secondary N) is 1. The first-order chi connectivity index (χ1) is 16.1. The number of amides is 1. The van der Waals surface area contributed by atoms with Gasteiger partial charge in [0.15, 0.2) is 0 Å². The highest BCUT2D eigenvalue weighted by molar-refractivity contribution is 5.93. The van der Waals surface area contributed by atoms with Crippen molar-refractivity contribution >= 4 is 17.2 Å². The zero-order valence-electron chi connectivity index (χ0n) is 19.2. The molecular weight excluding hydrogens is 414 g/mol. The summed E-state index contributed by atoms with van der Waals surface area (Å²) in [5.74, 6) is -0.727. The van der Waals surface area contributed by atoms with Crippen molar-refractivity contribution in [2.45, 2.75) is 57.7 Å². The number of hydrogen-bond donors (Lipinski definition) is 2. The first kappa shape index (κ1) is 22.1. The second-order valence-electron chi connectivity index (χ2n) is 9.54. The van der Waals surface area contributed by atoms with Gasteiger partial charge in [0.05, 0.1) is 12.0 Å². The predicted molar refractivity (Wildman–Crippen MR) is 130 cm³/mol. The molecule has 3 heterocycles. The summed E-state index contributed by atoms with van der Waals surface area (Å²) in [5.41, 5.74) is 3.65. The Morgan fingerprint density at radius 1 is 1.15 bits per heavy atom. The topological polar surface area (TPSA) is 74.6 Å². The molecule has 6 heteroatoms. The Bertz CT molecular complexity index is 1110. The molecule has 0 radical (unpaired) electrons. The molecule has 174 valence electrons. The Balaban J connectivity index is 1.56. The van der Waals surface area contributed by atoms with E-state index in [0.717, 1.165) is 54.7 Å². The SMILES string of the molecule is CCCN1[C@@H]2c3ccc(C4=CCCCC4)c(=O)n3C[C@H]1[C@H](CO)[C@H]2C(=O)Nc1ccccc1. The van der Waals surface area contributed by atoms with Crippen LogP contribution in [0.3, 0.4) is 0 Å². The third kappa shape index (κ3) is 3.85. The molecule has 3 aliphatic rings. The van der Waals surface area contributed by atoms with Gasteiger partial charge in [-0.25, -0.2) is 0 Å². The van der Waals surface area contributed by atoms with Crippen LogP contribution in [-0.4, -0.2) is 39.7 Å². The first-order valence-electron chi connectivity index (χ1n) is 12.3. The number of allylic oxidation sites excluding steroid dienone is 2. The molecule has 0 spiro atoms. The number of nitrogens with zero attached hydrogens (tertiary/aromatic N) is 2. The van der Waals surface area contributed by atoms with Gasteiger partial charge in [-0.3, -0.25) is 14.5 Å². The van der Waals surface area contributed by atoms with E-state index >= 15 is 0 Å². The normalized spacial score (nSPS) is 26.5. The van der Waals surface area contributed by atoms with Gasteiger partial charge in [-0.15, -0.1) is 0 Å². The highest BCUT2D eigenvalue weighted by Crippen LogP contribution is 2.48. The summed E-state index contributed by atoms with van der Waals surface area (Å²) in [7, 11) is 0. The number of benzene rings is 1. The summed E-state index contributed by atoms with van der Waals surface area (Å²) in [4.78, 5) is 29.5. The highest BCUT2D eigenvalue weighted by atomic mass is 16.3. The van der Waals surface area contributed by atoms with Crippen molar-refractivity contribution < 1.29 is 9.90 Å². The largest absolute Gasteiger partial charge is 0.396 e. The van der Waals surface area contributed by atoms with Crippen LogP contribution < -0.4 is 10.9 Å². The van der Waals surface area contributed by atoms with Crippen molar-refractivity contribution in [2.75, 3.05) is 18.5 Å². The summed E-state index contributed by atoms with van der Waals surface area (Å²) in [5, 5.41) is 13.4. The average Bonchev–Trinajstić information content (AvgIpc) is 3.05. The van der Waals surface area contributed by atoms with Crippen LogP contribution in [0.15, 0.2) is 53.3 Å². The van der Waals surface area contributed by atoms with Crippen molar-refractivity contribution in [1.29, 1.82) is 0 Å². The van der Waals surface area contributed by atoms with Gasteiger partial charge in [0.2, 0.25) is 5.91 Å². The summed E-state index contributed by atoms with van der Waals surface area (Å²) in [6.45, 7) is 3.41. The minimum Gasteiger partial charge on any atom is -0.396 e. The van der Waals surface area contributed by atoms with Crippen molar-refractivity contribution in [1.82, 2.24) is 9.47 Å². The number of fused-ring (bicyclic) bond motifs is 4. The molecule has 6 nitrogen and oxygen atoms in total. The maximum atomic E-state index is 13.6. The fourth-order valence-corrected chi connectivity index (χ4v) is 6.16. The number of aromatic nitrogens is 1. The lowest BCUT2D eigenvalue weighted by molar-refractivity contribution is -0.122. The molecule has 2 bridgehead atoms. The summed E-state index contributed by atoms with van der Waals surface area (Å²) < 4.78 is 1.89. The molecule has 0 unspecified atom stereocenters.